The van der Waals surface area contributed by atoms with E-state index >= 15 is 0 Å². The zero-order valence-corrected chi connectivity index (χ0v) is 10.6. The molecule has 17 heavy (non-hydrogen) atoms. The van der Waals surface area contributed by atoms with Crippen LogP contribution in [0.25, 0.3) is 0 Å². The highest BCUT2D eigenvalue weighted by atomic mass is 16.6. The zero-order valence-electron chi connectivity index (χ0n) is 10.6. The lowest BCUT2D eigenvalue weighted by Gasteiger charge is -2.17. The second-order valence-corrected chi connectivity index (χ2v) is 4.49. The summed E-state index contributed by atoms with van der Waals surface area (Å²) >= 11 is 0. The summed E-state index contributed by atoms with van der Waals surface area (Å²) in [4.78, 5) is 10.2. The number of nitro benzene ring substituents is 1. The van der Waals surface area contributed by atoms with Crippen molar-refractivity contribution >= 4 is 5.69 Å². The largest absolute Gasteiger partial charge is 0.310 e. The number of hydrogen-bond donors (Lipinski definition) is 1. The molecule has 1 aromatic carbocycles. The fourth-order valence-electron chi connectivity index (χ4n) is 1.52. The summed E-state index contributed by atoms with van der Waals surface area (Å²) in [5, 5.41) is 14.0. The van der Waals surface area contributed by atoms with Gasteiger partial charge in [0.15, 0.2) is 0 Å². The van der Waals surface area contributed by atoms with Gasteiger partial charge in [0.1, 0.15) is 0 Å². The maximum Gasteiger partial charge on any atom is 0.269 e. The number of nitro groups is 1. The minimum Gasteiger partial charge on any atom is -0.310 e. The van der Waals surface area contributed by atoms with Crippen LogP contribution in [0.2, 0.25) is 0 Å². The predicted molar refractivity (Wildman–Crippen MR) is 69.0 cm³/mol. The van der Waals surface area contributed by atoms with Crippen molar-refractivity contribution in [3.05, 3.63) is 39.9 Å². The van der Waals surface area contributed by atoms with Crippen LogP contribution in [0.15, 0.2) is 24.3 Å². The Kier molecular flexibility index (Phi) is 5.10. The van der Waals surface area contributed by atoms with E-state index in [0.29, 0.717) is 5.92 Å². The Morgan fingerprint density at radius 1 is 1.29 bits per heavy atom. The van der Waals surface area contributed by atoms with Gasteiger partial charge in [-0.05, 0) is 24.9 Å². The number of nitrogens with one attached hydrogen (secondary N) is 1. The van der Waals surface area contributed by atoms with E-state index in [2.05, 4.69) is 26.1 Å². The van der Waals surface area contributed by atoms with Crippen LogP contribution in [0.5, 0.6) is 0 Å². The highest BCUT2D eigenvalue weighted by Crippen LogP contribution is 2.17. The number of hydrogen-bond acceptors (Lipinski definition) is 3. The number of nitrogens with zero attached hydrogens (tertiary/aromatic N) is 1. The van der Waals surface area contributed by atoms with Gasteiger partial charge in [-0.25, -0.2) is 0 Å². The van der Waals surface area contributed by atoms with Crippen LogP contribution < -0.4 is 5.32 Å². The summed E-state index contributed by atoms with van der Waals surface area (Å²) in [6.07, 6.45) is 1.15. The summed E-state index contributed by atoms with van der Waals surface area (Å²) < 4.78 is 0. The van der Waals surface area contributed by atoms with Crippen LogP contribution in [0.4, 0.5) is 5.69 Å². The predicted octanol–water partition coefficient (Wildman–Crippen LogP) is 3.29. The first-order valence-electron chi connectivity index (χ1n) is 6.02. The van der Waals surface area contributed by atoms with Gasteiger partial charge in [0.2, 0.25) is 0 Å². The van der Waals surface area contributed by atoms with Gasteiger partial charge in [-0.2, -0.15) is 0 Å². The van der Waals surface area contributed by atoms with E-state index in [1.807, 2.05) is 12.1 Å². The van der Waals surface area contributed by atoms with Gasteiger partial charge in [0.05, 0.1) is 4.92 Å². The molecule has 1 N–H and O–H groups in total. The summed E-state index contributed by atoms with van der Waals surface area (Å²) in [5.74, 6) is 0.649. The Balaban J connectivity index is 2.57. The molecule has 0 saturated carbocycles. The molecule has 4 nitrogen and oxygen atoms in total. The van der Waals surface area contributed by atoms with Crippen LogP contribution in [0.1, 0.15) is 38.8 Å². The topological polar surface area (TPSA) is 55.2 Å². The van der Waals surface area contributed by atoms with E-state index in [1.165, 1.54) is 0 Å². The molecule has 0 aliphatic heterocycles. The normalized spacial score (nSPS) is 14.3. The minimum absolute atomic E-state index is 0.142. The monoisotopic (exact) mass is 236 g/mol. The quantitative estimate of drug-likeness (QED) is 0.609. The smallest absolute Gasteiger partial charge is 0.269 e. The van der Waals surface area contributed by atoms with Crippen LogP contribution in [-0.2, 0) is 0 Å². The van der Waals surface area contributed by atoms with E-state index in [9.17, 15) is 10.1 Å². The van der Waals surface area contributed by atoms with Crippen molar-refractivity contribution in [2.45, 2.75) is 33.2 Å². The van der Waals surface area contributed by atoms with Gasteiger partial charge in [0.25, 0.3) is 5.69 Å². The molecular formula is C13H20N2O2. The number of rotatable bonds is 6. The third-order valence-electron chi connectivity index (χ3n) is 3.07. The zero-order chi connectivity index (χ0) is 12.8. The van der Waals surface area contributed by atoms with Gasteiger partial charge in [-0.15, -0.1) is 0 Å². The standard InChI is InChI=1S/C13H20N2O2/c1-4-10(2)9-14-11(3)12-5-7-13(8-6-12)15(16)17/h5-8,10-11,14H,4,9H2,1-3H3/t10-,11-/m1/s1. The molecule has 0 saturated heterocycles. The molecule has 0 fully saturated rings. The van der Waals surface area contributed by atoms with Crippen LogP contribution in [0.3, 0.4) is 0 Å². The molecular weight excluding hydrogens is 216 g/mol. The van der Waals surface area contributed by atoms with Crippen molar-refractivity contribution in [3.63, 3.8) is 0 Å². The van der Waals surface area contributed by atoms with Crippen molar-refractivity contribution in [3.8, 4) is 0 Å². The summed E-state index contributed by atoms with van der Waals surface area (Å²) in [7, 11) is 0. The third kappa shape index (κ3) is 4.15. The fraction of sp³-hybridized carbons (Fsp3) is 0.538. The molecule has 4 heteroatoms. The Hall–Kier alpha value is -1.42. The molecule has 0 bridgehead atoms. The lowest BCUT2D eigenvalue weighted by Crippen LogP contribution is -2.24. The molecule has 0 amide bonds. The number of non-ortho nitro benzene ring substituents is 1. The Bertz CT molecular complexity index is 362. The third-order valence-corrected chi connectivity index (χ3v) is 3.07. The lowest BCUT2D eigenvalue weighted by atomic mass is 10.1. The Labute approximate surface area is 102 Å². The summed E-state index contributed by atoms with van der Waals surface area (Å²) in [5.41, 5.74) is 1.22. The maximum absolute atomic E-state index is 10.5. The lowest BCUT2D eigenvalue weighted by molar-refractivity contribution is -0.384. The van der Waals surface area contributed by atoms with E-state index in [-0.39, 0.29) is 16.7 Å². The fourth-order valence-corrected chi connectivity index (χ4v) is 1.52. The van der Waals surface area contributed by atoms with Crippen molar-refractivity contribution in [1.82, 2.24) is 5.32 Å². The van der Waals surface area contributed by atoms with Crippen molar-refractivity contribution in [2.75, 3.05) is 6.54 Å². The summed E-state index contributed by atoms with van der Waals surface area (Å²) in [6.45, 7) is 7.41. The molecule has 0 radical (unpaired) electrons. The molecule has 0 aliphatic rings. The molecule has 0 aliphatic carbocycles. The van der Waals surface area contributed by atoms with Gasteiger partial charge in [-0.1, -0.05) is 32.4 Å². The number of benzene rings is 1. The van der Waals surface area contributed by atoms with Crippen LogP contribution in [-0.4, -0.2) is 11.5 Å². The van der Waals surface area contributed by atoms with E-state index in [1.54, 1.807) is 12.1 Å². The van der Waals surface area contributed by atoms with Crippen LogP contribution >= 0.6 is 0 Å². The Morgan fingerprint density at radius 2 is 1.88 bits per heavy atom. The molecule has 0 spiro atoms. The molecule has 0 heterocycles. The second-order valence-electron chi connectivity index (χ2n) is 4.49. The minimum atomic E-state index is -0.374. The molecule has 1 aromatic rings. The maximum atomic E-state index is 10.5. The average Bonchev–Trinajstić information content (AvgIpc) is 2.35. The average molecular weight is 236 g/mol. The molecule has 0 aromatic heterocycles. The van der Waals surface area contributed by atoms with E-state index < -0.39 is 0 Å². The first-order chi connectivity index (χ1) is 8.04. The first kappa shape index (κ1) is 13.6. The van der Waals surface area contributed by atoms with Crippen LogP contribution in [0, 0.1) is 16.0 Å². The second kappa shape index (κ2) is 6.35. The molecule has 1 rings (SSSR count). The van der Waals surface area contributed by atoms with E-state index in [4.69, 9.17) is 0 Å². The summed E-state index contributed by atoms with van der Waals surface area (Å²) in [6, 6.07) is 6.96. The Morgan fingerprint density at radius 3 is 2.35 bits per heavy atom. The highest BCUT2D eigenvalue weighted by molar-refractivity contribution is 5.33. The SMILES string of the molecule is CC[C@@H](C)CN[C@H](C)c1ccc([N+](=O)[O-])cc1. The van der Waals surface area contributed by atoms with Gasteiger partial charge < -0.3 is 5.32 Å². The molecule has 94 valence electrons. The van der Waals surface area contributed by atoms with Gasteiger partial charge in [-0.3, -0.25) is 10.1 Å². The van der Waals surface area contributed by atoms with E-state index in [0.717, 1.165) is 18.5 Å². The molecule has 2 atom stereocenters. The first-order valence-corrected chi connectivity index (χ1v) is 6.02. The van der Waals surface area contributed by atoms with Gasteiger partial charge >= 0.3 is 0 Å². The highest BCUT2D eigenvalue weighted by Gasteiger charge is 2.09. The van der Waals surface area contributed by atoms with Gasteiger partial charge in [0, 0.05) is 18.2 Å². The van der Waals surface area contributed by atoms with Crippen molar-refractivity contribution < 1.29 is 4.92 Å². The van der Waals surface area contributed by atoms with Crippen molar-refractivity contribution in [2.24, 2.45) is 5.92 Å². The van der Waals surface area contributed by atoms with Crippen molar-refractivity contribution in [1.29, 1.82) is 0 Å². The molecule has 0 unspecified atom stereocenters.